The Kier molecular flexibility index (Phi) is 3.84. The number of halogens is 1. The van der Waals surface area contributed by atoms with Crippen molar-refractivity contribution in [3.8, 4) is 5.82 Å². The van der Waals surface area contributed by atoms with Gasteiger partial charge in [-0.25, -0.2) is 9.67 Å². The summed E-state index contributed by atoms with van der Waals surface area (Å²) in [5, 5.41) is 4.56. The van der Waals surface area contributed by atoms with Crippen LogP contribution in [0.5, 0.6) is 0 Å². The maximum atomic E-state index is 5.92. The molecule has 110 valence electrons. The van der Waals surface area contributed by atoms with Crippen molar-refractivity contribution in [2.24, 2.45) is 5.73 Å². The van der Waals surface area contributed by atoms with Gasteiger partial charge in [-0.05, 0) is 67.1 Å². The Bertz CT molecular complexity index is 736. The molecule has 0 saturated heterocycles. The predicted molar refractivity (Wildman–Crippen MR) is 91.1 cm³/mol. The Morgan fingerprint density at radius 1 is 1.33 bits per heavy atom. The van der Waals surface area contributed by atoms with E-state index in [0.717, 1.165) is 45.8 Å². The van der Waals surface area contributed by atoms with Crippen LogP contribution < -0.4 is 5.73 Å². The summed E-state index contributed by atoms with van der Waals surface area (Å²) >= 11 is 8.78. The van der Waals surface area contributed by atoms with Gasteiger partial charge in [0, 0.05) is 5.69 Å². The molecule has 2 aromatic rings. The fourth-order valence-corrected chi connectivity index (χ4v) is 3.19. The van der Waals surface area contributed by atoms with E-state index < -0.39 is 0 Å². The SMILES string of the molecule is Cc1nn(-c2nc3c(cc2C(N)=S)CCCC3)c(C)c1Br. The van der Waals surface area contributed by atoms with Crippen molar-refractivity contribution in [2.45, 2.75) is 39.5 Å². The first-order chi connectivity index (χ1) is 9.99. The van der Waals surface area contributed by atoms with Crippen LogP contribution >= 0.6 is 28.1 Å². The topological polar surface area (TPSA) is 56.7 Å². The molecule has 6 heteroatoms. The number of fused-ring (bicyclic) bond motifs is 1. The highest BCUT2D eigenvalue weighted by atomic mass is 79.9. The lowest BCUT2D eigenvalue weighted by Crippen LogP contribution is -2.19. The van der Waals surface area contributed by atoms with Gasteiger partial charge in [0.2, 0.25) is 0 Å². The summed E-state index contributed by atoms with van der Waals surface area (Å²) < 4.78 is 2.83. The molecule has 0 bridgehead atoms. The molecule has 4 nitrogen and oxygen atoms in total. The highest BCUT2D eigenvalue weighted by Gasteiger charge is 2.20. The van der Waals surface area contributed by atoms with Gasteiger partial charge in [-0.2, -0.15) is 5.10 Å². The summed E-state index contributed by atoms with van der Waals surface area (Å²) in [6, 6.07) is 2.10. The quantitative estimate of drug-likeness (QED) is 0.831. The normalized spacial score (nSPS) is 14.0. The number of aryl methyl sites for hydroxylation is 3. The number of nitrogens with zero attached hydrogens (tertiary/aromatic N) is 3. The van der Waals surface area contributed by atoms with E-state index in [4.69, 9.17) is 22.9 Å². The Morgan fingerprint density at radius 2 is 2.05 bits per heavy atom. The van der Waals surface area contributed by atoms with Crippen LogP contribution in [-0.4, -0.2) is 19.8 Å². The molecule has 0 atom stereocenters. The molecule has 0 amide bonds. The van der Waals surface area contributed by atoms with E-state index in [0.29, 0.717) is 4.99 Å². The number of hydrogen-bond donors (Lipinski definition) is 1. The summed E-state index contributed by atoms with van der Waals surface area (Å²) in [6.45, 7) is 3.97. The zero-order valence-corrected chi connectivity index (χ0v) is 14.5. The van der Waals surface area contributed by atoms with Gasteiger partial charge >= 0.3 is 0 Å². The third-order valence-corrected chi connectivity index (χ3v) is 5.32. The standard InChI is InChI=1S/C15H17BrN4S/c1-8-13(16)9(2)20(19-8)15-11(14(17)21)7-10-5-3-4-6-12(10)18-15/h7H,3-6H2,1-2H3,(H2,17,21). The van der Waals surface area contributed by atoms with Crippen LogP contribution in [0.15, 0.2) is 10.5 Å². The molecule has 1 aliphatic rings. The van der Waals surface area contributed by atoms with Crippen molar-refractivity contribution in [3.05, 3.63) is 38.7 Å². The molecule has 0 aliphatic heterocycles. The third-order valence-electron chi connectivity index (χ3n) is 3.95. The van der Waals surface area contributed by atoms with Crippen LogP contribution in [0, 0.1) is 13.8 Å². The van der Waals surface area contributed by atoms with E-state index in [9.17, 15) is 0 Å². The van der Waals surface area contributed by atoms with Gasteiger partial charge in [0.25, 0.3) is 0 Å². The summed E-state index contributed by atoms with van der Waals surface area (Å²) in [7, 11) is 0. The molecule has 0 radical (unpaired) electrons. The van der Waals surface area contributed by atoms with Crippen molar-refractivity contribution in [1.82, 2.24) is 14.8 Å². The highest BCUT2D eigenvalue weighted by Crippen LogP contribution is 2.27. The Hall–Kier alpha value is -1.27. The largest absolute Gasteiger partial charge is 0.389 e. The molecule has 21 heavy (non-hydrogen) atoms. The summed E-state index contributed by atoms with van der Waals surface area (Å²) in [4.78, 5) is 5.20. The maximum Gasteiger partial charge on any atom is 0.164 e. The Morgan fingerprint density at radius 3 is 2.67 bits per heavy atom. The van der Waals surface area contributed by atoms with Crippen molar-refractivity contribution in [3.63, 3.8) is 0 Å². The molecular weight excluding hydrogens is 348 g/mol. The van der Waals surface area contributed by atoms with E-state index in [2.05, 4.69) is 27.1 Å². The number of rotatable bonds is 2. The minimum Gasteiger partial charge on any atom is -0.389 e. The Labute approximate surface area is 137 Å². The van der Waals surface area contributed by atoms with Crippen LogP contribution in [0.25, 0.3) is 5.82 Å². The van der Waals surface area contributed by atoms with Crippen LogP contribution in [-0.2, 0) is 12.8 Å². The van der Waals surface area contributed by atoms with Gasteiger partial charge in [0.05, 0.1) is 21.4 Å². The molecule has 3 rings (SSSR count). The number of pyridine rings is 1. The first kappa shape index (κ1) is 14.7. The molecule has 0 fully saturated rings. The maximum absolute atomic E-state index is 5.92. The van der Waals surface area contributed by atoms with Crippen LogP contribution in [0.2, 0.25) is 0 Å². The molecule has 2 heterocycles. The first-order valence-electron chi connectivity index (χ1n) is 7.03. The second-order valence-electron chi connectivity index (χ2n) is 5.43. The fourth-order valence-electron chi connectivity index (χ4n) is 2.80. The van der Waals surface area contributed by atoms with E-state index in [1.807, 2.05) is 18.5 Å². The van der Waals surface area contributed by atoms with Crippen LogP contribution in [0.3, 0.4) is 0 Å². The van der Waals surface area contributed by atoms with Crippen LogP contribution in [0.1, 0.15) is 41.1 Å². The second kappa shape index (κ2) is 5.50. The molecular formula is C15H17BrN4S. The summed E-state index contributed by atoms with van der Waals surface area (Å²) in [6.07, 6.45) is 4.46. The van der Waals surface area contributed by atoms with Gasteiger partial charge in [0.15, 0.2) is 5.82 Å². The second-order valence-corrected chi connectivity index (χ2v) is 6.67. The molecule has 0 unspecified atom stereocenters. The van der Waals surface area contributed by atoms with E-state index in [-0.39, 0.29) is 0 Å². The lowest BCUT2D eigenvalue weighted by atomic mass is 9.94. The molecule has 0 aromatic carbocycles. The number of hydrogen-bond acceptors (Lipinski definition) is 3. The zero-order chi connectivity index (χ0) is 15.1. The van der Waals surface area contributed by atoms with Crippen molar-refractivity contribution < 1.29 is 0 Å². The van der Waals surface area contributed by atoms with Crippen LogP contribution in [0.4, 0.5) is 0 Å². The van der Waals surface area contributed by atoms with E-state index in [1.165, 1.54) is 18.4 Å². The van der Waals surface area contributed by atoms with Crippen molar-refractivity contribution in [1.29, 1.82) is 0 Å². The number of nitrogens with two attached hydrogens (primary N) is 1. The van der Waals surface area contributed by atoms with Gasteiger partial charge in [0.1, 0.15) is 4.99 Å². The van der Waals surface area contributed by atoms with E-state index >= 15 is 0 Å². The molecule has 2 N–H and O–H groups in total. The average Bonchev–Trinajstić information content (AvgIpc) is 2.73. The number of aromatic nitrogens is 3. The van der Waals surface area contributed by atoms with Gasteiger partial charge in [-0.15, -0.1) is 0 Å². The molecule has 0 spiro atoms. The van der Waals surface area contributed by atoms with E-state index in [1.54, 1.807) is 0 Å². The van der Waals surface area contributed by atoms with Gasteiger partial charge in [-0.3, -0.25) is 0 Å². The average molecular weight is 365 g/mol. The zero-order valence-electron chi connectivity index (χ0n) is 12.1. The van der Waals surface area contributed by atoms with Gasteiger partial charge in [-0.1, -0.05) is 12.2 Å². The first-order valence-corrected chi connectivity index (χ1v) is 8.24. The van der Waals surface area contributed by atoms with Crippen molar-refractivity contribution >= 4 is 33.1 Å². The Balaban J connectivity index is 2.25. The minimum atomic E-state index is 0.370. The lowest BCUT2D eigenvalue weighted by molar-refractivity contribution is 0.660. The van der Waals surface area contributed by atoms with Crippen molar-refractivity contribution in [2.75, 3.05) is 0 Å². The third kappa shape index (κ3) is 2.51. The predicted octanol–water partition coefficient (Wildman–Crippen LogP) is 3.16. The monoisotopic (exact) mass is 364 g/mol. The fraction of sp³-hybridized carbons (Fsp3) is 0.400. The summed E-state index contributed by atoms with van der Waals surface area (Å²) in [5.41, 5.74) is 11.1. The highest BCUT2D eigenvalue weighted by molar-refractivity contribution is 9.10. The molecule has 1 aliphatic carbocycles. The lowest BCUT2D eigenvalue weighted by Gasteiger charge is -2.18. The molecule has 2 aromatic heterocycles. The minimum absolute atomic E-state index is 0.370. The molecule has 0 saturated carbocycles. The number of thiocarbonyl (C=S) groups is 1. The smallest absolute Gasteiger partial charge is 0.164 e. The summed E-state index contributed by atoms with van der Waals surface area (Å²) in [5.74, 6) is 0.745. The van der Waals surface area contributed by atoms with Gasteiger partial charge < -0.3 is 5.73 Å².